The van der Waals surface area contributed by atoms with Crippen LogP contribution in [0.3, 0.4) is 0 Å². The third-order valence-electron chi connectivity index (χ3n) is 6.02. The van der Waals surface area contributed by atoms with Crippen molar-refractivity contribution in [1.29, 1.82) is 0 Å². The van der Waals surface area contributed by atoms with Crippen molar-refractivity contribution in [1.82, 2.24) is 10.2 Å². The summed E-state index contributed by atoms with van der Waals surface area (Å²) in [5.41, 5.74) is 2.42. The van der Waals surface area contributed by atoms with Gasteiger partial charge in [0.25, 0.3) is 0 Å². The third kappa shape index (κ3) is 5.81. The minimum atomic E-state index is -0.522. The Labute approximate surface area is 225 Å². The second-order valence-electron chi connectivity index (χ2n) is 9.71. The molecule has 0 aliphatic carbocycles. The van der Waals surface area contributed by atoms with Crippen molar-refractivity contribution in [2.75, 3.05) is 27.3 Å². The molecule has 9 heteroatoms. The van der Waals surface area contributed by atoms with Gasteiger partial charge in [0, 0.05) is 39.6 Å². The fraction of sp³-hybridized carbons (Fsp3) is 0.407. The van der Waals surface area contributed by atoms with Crippen molar-refractivity contribution in [2.45, 2.75) is 39.2 Å². The molecule has 2 aliphatic heterocycles. The van der Waals surface area contributed by atoms with Crippen LogP contribution in [0.5, 0.6) is 11.5 Å². The standard InChI is InChI=1S/C27H30BrClN3O4/c1-27(2,3)36-26(33)32-12-10-16(11-13-32)25-30-23(19-14-17(28)6-8-21(19)34-4)24(31-25)20-15-18(29)7-9-22(20)35-5/h6-9,14-16H,10-13H2,1-5H3. The summed E-state index contributed by atoms with van der Waals surface area (Å²) in [5, 5.41) is 5.60. The molecule has 0 atom stereocenters. The fourth-order valence-electron chi connectivity index (χ4n) is 4.30. The number of hydrogen-bond donors (Lipinski definition) is 0. The number of amidine groups is 1. The van der Waals surface area contributed by atoms with E-state index in [4.69, 9.17) is 36.1 Å². The van der Waals surface area contributed by atoms with Crippen LogP contribution in [-0.2, 0) is 4.74 Å². The van der Waals surface area contributed by atoms with E-state index in [1.807, 2.05) is 51.1 Å². The summed E-state index contributed by atoms with van der Waals surface area (Å²) in [6, 6.07) is 11.2. The van der Waals surface area contributed by atoms with Gasteiger partial charge in [0.2, 0.25) is 0 Å². The number of piperidine rings is 1. The van der Waals surface area contributed by atoms with Crippen LogP contribution in [0.4, 0.5) is 4.79 Å². The van der Waals surface area contributed by atoms with Crippen molar-refractivity contribution in [3.05, 3.63) is 57.0 Å². The number of rotatable bonds is 5. The molecule has 2 aromatic rings. The Bertz CT molecular complexity index is 1210. The molecule has 191 valence electrons. The predicted molar refractivity (Wildman–Crippen MR) is 146 cm³/mol. The molecule has 0 aromatic heterocycles. The highest BCUT2D eigenvalue weighted by molar-refractivity contribution is 9.10. The van der Waals surface area contributed by atoms with Crippen LogP contribution in [0.1, 0.15) is 44.7 Å². The van der Waals surface area contributed by atoms with E-state index in [2.05, 4.69) is 15.9 Å². The molecule has 2 heterocycles. The third-order valence-corrected chi connectivity index (χ3v) is 6.75. The van der Waals surface area contributed by atoms with Crippen molar-refractivity contribution >= 4 is 50.9 Å². The lowest BCUT2D eigenvalue weighted by molar-refractivity contribution is 0.0201. The van der Waals surface area contributed by atoms with Crippen LogP contribution >= 0.6 is 27.5 Å². The van der Waals surface area contributed by atoms with Crippen LogP contribution in [0, 0.1) is 5.92 Å². The van der Waals surface area contributed by atoms with Crippen LogP contribution < -0.4 is 14.8 Å². The largest absolute Gasteiger partial charge is 0.496 e. The highest BCUT2D eigenvalue weighted by Crippen LogP contribution is 2.41. The van der Waals surface area contributed by atoms with Crippen molar-refractivity contribution in [3.8, 4) is 11.5 Å². The van der Waals surface area contributed by atoms with E-state index in [1.54, 1.807) is 25.2 Å². The van der Waals surface area contributed by atoms with Crippen LogP contribution in [0.15, 0.2) is 45.9 Å². The Morgan fingerprint density at radius 3 is 2.22 bits per heavy atom. The summed E-state index contributed by atoms with van der Waals surface area (Å²) in [7, 11) is 3.26. The molecule has 0 N–H and O–H groups in total. The molecule has 0 unspecified atom stereocenters. The lowest BCUT2D eigenvalue weighted by Crippen LogP contribution is -2.43. The zero-order valence-electron chi connectivity index (χ0n) is 21.1. The van der Waals surface area contributed by atoms with E-state index in [1.165, 1.54) is 0 Å². The number of methoxy groups -OCH3 is 2. The summed E-state index contributed by atoms with van der Waals surface area (Å²) in [4.78, 5) is 19.3. The molecule has 2 aliphatic rings. The molecule has 36 heavy (non-hydrogen) atoms. The lowest BCUT2D eigenvalue weighted by Gasteiger charge is -2.33. The molecular weight excluding hydrogens is 546 g/mol. The number of amides is 1. The molecule has 1 fully saturated rings. The van der Waals surface area contributed by atoms with Gasteiger partial charge in [-0.1, -0.05) is 27.5 Å². The number of benzene rings is 2. The first-order chi connectivity index (χ1) is 17.1. The Morgan fingerprint density at radius 1 is 1.00 bits per heavy atom. The number of ether oxygens (including phenoxy) is 3. The smallest absolute Gasteiger partial charge is 0.410 e. The highest BCUT2D eigenvalue weighted by atomic mass is 79.9. The normalized spacial score (nSPS) is 16.5. The SMILES string of the molecule is COc1ccc(Br)cc1C1=C(c2cc(Cl)ccc2OC)N=C(C2CCN(C(=O)OC(C)(C)C)CC2)[N]1. The van der Waals surface area contributed by atoms with Gasteiger partial charge < -0.3 is 19.1 Å². The summed E-state index contributed by atoms with van der Waals surface area (Å²) in [6.45, 7) is 6.79. The minimum absolute atomic E-state index is 0.0968. The summed E-state index contributed by atoms with van der Waals surface area (Å²) in [5.74, 6) is 2.17. The number of likely N-dealkylation sites (tertiary alicyclic amines) is 1. The fourth-order valence-corrected chi connectivity index (χ4v) is 4.83. The van der Waals surface area contributed by atoms with Crippen LogP contribution in [0.2, 0.25) is 5.02 Å². The number of halogens is 2. The van der Waals surface area contributed by atoms with Gasteiger partial charge in [0.1, 0.15) is 34.3 Å². The van der Waals surface area contributed by atoms with Gasteiger partial charge in [0.15, 0.2) is 0 Å². The van der Waals surface area contributed by atoms with Gasteiger partial charge in [-0.2, -0.15) is 0 Å². The maximum absolute atomic E-state index is 12.5. The Morgan fingerprint density at radius 2 is 1.61 bits per heavy atom. The number of nitrogens with zero attached hydrogens (tertiary/aromatic N) is 3. The average molecular weight is 576 g/mol. The van der Waals surface area contributed by atoms with E-state index in [0.29, 0.717) is 41.0 Å². The maximum Gasteiger partial charge on any atom is 0.410 e. The molecule has 1 amide bonds. The predicted octanol–water partition coefficient (Wildman–Crippen LogP) is 6.61. The minimum Gasteiger partial charge on any atom is -0.496 e. The van der Waals surface area contributed by atoms with E-state index in [9.17, 15) is 4.79 Å². The first-order valence-corrected chi connectivity index (χ1v) is 13.0. The second kappa shape index (κ2) is 10.7. The quantitative estimate of drug-likeness (QED) is 0.402. The molecular formula is C27H30BrClN3O4. The topological polar surface area (TPSA) is 74.5 Å². The number of carbonyl (C=O) groups excluding carboxylic acids is 1. The van der Waals surface area contributed by atoms with Gasteiger partial charge in [-0.15, -0.1) is 0 Å². The van der Waals surface area contributed by atoms with E-state index in [0.717, 1.165) is 34.3 Å². The van der Waals surface area contributed by atoms with Gasteiger partial charge in [-0.05, 0) is 70.0 Å². The molecule has 0 spiro atoms. The molecule has 1 radical (unpaired) electrons. The molecule has 0 bridgehead atoms. The van der Waals surface area contributed by atoms with Gasteiger partial charge >= 0.3 is 6.09 Å². The molecule has 2 aromatic carbocycles. The second-order valence-corrected chi connectivity index (χ2v) is 11.1. The first kappa shape index (κ1) is 26.4. The van der Waals surface area contributed by atoms with Crippen molar-refractivity contribution < 1.29 is 19.0 Å². The molecule has 0 saturated carbocycles. The number of hydrogen-bond acceptors (Lipinski definition) is 5. The van der Waals surface area contributed by atoms with Gasteiger partial charge in [-0.3, -0.25) is 0 Å². The molecule has 1 saturated heterocycles. The van der Waals surface area contributed by atoms with Gasteiger partial charge in [0.05, 0.1) is 14.2 Å². The van der Waals surface area contributed by atoms with Crippen LogP contribution in [0.25, 0.3) is 11.4 Å². The average Bonchev–Trinajstić information content (AvgIpc) is 3.28. The first-order valence-electron chi connectivity index (χ1n) is 11.8. The maximum atomic E-state index is 12.5. The van der Waals surface area contributed by atoms with E-state index < -0.39 is 5.60 Å². The number of aliphatic imine (C=N–C) groups is 1. The summed E-state index contributed by atoms with van der Waals surface area (Å²) < 4.78 is 17.7. The number of carbonyl (C=O) groups is 1. The lowest BCUT2D eigenvalue weighted by atomic mass is 9.95. The Kier molecular flexibility index (Phi) is 7.85. The van der Waals surface area contributed by atoms with Crippen molar-refractivity contribution in [2.24, 2.45) is 10.9 Å². The summed E-state index contributed by atoms with van der Waals surface area (Å²) >= 11 is 9.94. The highest BCUT2D eigenvalue weighted by Gasteiger charge is 2.34. The summed E-state index contributed by atoms with van der Waals surface area (Å²) in [6.07, 6.45) is 1.20. The Hall–Kier alpha value is -2.71. The monoisotopic (exact) mass is 574 g/mol. The zero-order chi connectivity index (χ0) is 26.0. The van der Waals surface area contributed by atoms with E-state index in [-0.39, 0.29) is 12.0 Å². The molecule has 7 nitrogen and oxygen atoms in total. The van der Waals surface area contributed by atoms with E-state index >= 15 is 0 Å². The zero-order valence-corrected chi connectivity index (χ0v) is 23.4. The van der Waals surface area contributed by atoms with Gasteiger partial charge in [-0.25, -0.2) is 15.1 Å². The molecule has 4 rings (SSSR count). The van der Waals surface area contributed by atoms with Crippen molar-refractivity contribution in [3.63, 3.8) is 0 Å². The Balaban J connectivity index is 1.66. The van der Waals surface area contributed by atoms with Crippen LogP contribution in [-0.4, -0.2) is 49.7 Å².